The number of piperidine rings is 1. The van der Waals surface area contributed by atoms with Crippen LogP contribution in [0.5, 0.6) is 0 Å². The van der Waals surface area contributed by atoms with Crippen molar-refractivity contribution in [2.24, 2.45) is 5.84 Å². The van der Waals surface area contributed by atoms with Crippen LogP contribution >= 0.6 is 0 Å². The molecule has 0 atom stereocenters. The second kappa shape index (κ2) is 5.67. The second-order valence-electron chi connectivity index (χ2n) is 5.23. The van der Waals surface area contributed by atoms with Crippen LogP contribution in [0.1, 0.15) is 23.2 Å². The number of nitrogen functional groups attached to an aromatic ring is 1. The maximum atomic E-state index is 12.7. The number of amides is 1. The summed E-state index contributed by atoms with van der Waals surface area (Å²) in [7, 11) is 0. The van der Waals surface area contributed by atoms with Crippen molar-refractivity contribution in [1.82, 2.24) is 9.88 Å². The summed E-state index contributed by atoms with van der Waals surface area (Å²) in [6, 6.07) is 7.55. The van der Waals surface area contributed by atoms with Gasteiger partial charge in [0.1, 0.15) is 5.82 Å². The van der Waals surface area contributed by atoms with E-state index in [1.807, 2.05) is 24.3 Å². The molecule has 1 aromatic heterocycles. The number of aliphatic hydroxyl groups is 1. The minimum absolute atomic E-state index is 0.0471. The standard InChI is InChI=1S/C15H18N4O2/c16-18-14-12-4-2-1-3-11(12)13(9-17-14)15(21)19-7-5-10(20)6-8-19/h1-4,9-10,20H,5-8,16H2,(H,17,18). The number of nitrogens with two attached hydrogens (primary N) is 1. The van der Waals surface area contributed by atoms with E-state index in [1.165, 1.54) is 0 Å². The Bertz CT molecular complexity index is 666. The van der Waals surface area contributed by atoms with Crippen molar-refractivity contribution in [2.45, 2.75) is 18.9 Å². The zero-order valence-corrected chi connectivity index (χ0v) is 11.6. The first-order valence-electron chi connectivity index (χ1n) is 7.02. The molecule has 1 fully saturated rings. The molecule has 4 N–H and O–H groups in total. The van der Waals surface area contributed by atoms with Crippen molar-refractivity contribution in [1.29, 1.82) is 0 Å². The topological polar surface area (TPSA) is 91.5 Å². The van der Waals surface area contributed by atoms with Gasteiger partial charge in [-0.25, -0.2) is 10.8 Å². The van der Waals surface area contributed by atoms with Gasteiger partial charge in [0.2, 0.25) is 0 Å². The number of rotatable bonds is 2. The first kappa shape index (κ1) is 13.8. The molecule has 1 amide bonds. The number of anilines is 1. The van der Waals surface area contributed by atoms with E-state index in [-0.39, 0.29) is 12.0 Å². The molecule has 6 nitrogen and oxygen atoms in total. The van der Waals surface area contributed by atoms with Crippen LogP contribution in [0.4, 0.5) is 5.82 Å². The smallest absolute Gasteiger partial charge is 0.256 e. The van der Waals surface area contributed by atoms with Gasteiger partial charge in [-0.15, -0.1) is 0 Å². The third-order valence-corrected chi connectivity index (χ3v) is 3.91. The van der Waals surface area contributed by atoms with E-state index in [4.69, 9.17) is 5.84 Å². The number of likely N-dealkylation sites (tertiary alicyclic amines) is 1. The summed E-state index contributed by atoms with van der Waals surface area (Å²) in [4.78, 5) is 18.7. The quantitative estimate of drug-likeness (QED) is 0.568. The number of nitrogens with zero attached hydrogens (tertiary/aromatic N) is 2. The molecular weight excluding hydrogens is 268 g/mol. The molecule has 21 heavy (non-hydrogen) atoms. The molecule has 0 aliphatic carbocycles. The average Bonchev–Trinajstić information content (AvgIpc) is 2.54. The van der Waals surface area contributed by atoms with Crippen LogP contribution in [-0.2, 0) is 0 Å². The molecule has 0 spiro atoms. The minimum Gasteiger partial charge on any atom is -0.393 e. The van der Waals surface area contributed by atoms with Gasteiger partial charge >= 0.3 is 0 Å². The van der Waals surface area contributed by atoms with E-state index in [1.54, 1.807) is 11.1 Å². The zero-order chi connectivity index (χ0) is 14.8. The molecule has 0 saturated carbocycles. The second-order valence-corrected chi connectivity index (χ2v) is 5.23. The SMILES string of the molecule is NNc1ncc(C(=O)N2CCC(O)CC2)c2ccccc12. The highest BCUT2D eigenvalue weighted by Gasteiger charge is 2.24. The van der Waals surface area contributed by atoms with E-state index < -0.39 is 0 Å². The molecule has 1 aliphatic heterocycles. The molecule has 0 radical (unpaired) electrons. The Kier molecular flexibility index (Phi) is 3.72. The Morgan fingerprint density at radius 3 is 2.62 bits per heavy atom. The van der Waals surface area contributed by atoms with Gasteiger partial charge in [0.05, 0.1) is 11.7 Å². The van der Waals surface area contributed by atoms with Crippen LogP contribution in [0.3, 0.4) is 0 Å². The van der Waals surface area contributed by atoms with Gasteiger partial charge in [-0.05, 0) is 18.2 Å². The lowest BCUT2D eigenvalue weighted by molar-refractivity contribution is 0.0548. The van der Waals surface area contributed by atoms with Crippen molar-refractivity contribution in [3.05, 3.63) is 36.0 Å². The summed E-state index contributed by atoms with van der Waals surface area (Å²) in [5, 5.41) is 11.2. The number of pyridine rings is 1. The Balaban J connectivity index is 1.99. The Hall–Kier alpha value is -2.18. The van der Waals surface area contributed by atoms with Crippen LogP contribution in [-0.4, -0.2) is 40.1 Å². The summed E-state index contributed by atoms with van der Waals surface area (Å²) in [5.41, 5.74) is 3.12. The van der Waals surface area contributed by atoms with Crippen LogP contribution < -0.4 is 11.3 Å². The van der Waals surface area contributed by atoms with Crippen molar-refractivity contribution in [3.8, 4) is 0 Å². The lowest BCUT2D eigenvalue weighted by Crippen LogP contribution is -2.40. The van der Waals surface area contributed by atoms with Gasteiger partial charge in [0, 0.05) is 24.7 Å². The molecule has 110 valence electrons. The molecule has 0 bridgehead atoms. The van der Waals surface area contributed by atoms with E-state index in [0.717, 1.165) is 10.8 Å². The molecule has 2 heterocycles. The third-order valence-electron chi connectivity index (χ3n) is 3.91. The molecule has 3 rings (SSSR count). The molecule has 2 aromatic rings. The van der Waals surface area contributed by atoms with E-state index >= 15 is 0 Å². The summed E-state index contributed by atoms with van der Waals surface area (Å²) in [6.45, 7) is 1.15. The van der Waals surface area contributed by atoms with Crippen LogP contribution in [0.2, 0.25) is 0 Å². The fraction of sp³-hybridized carbons (Fsp3) is 0.333. The van der Waals surface area contributed by atoms with Gasteiger partial charge in [0.15, 0.2) is 0 Å². The summed E-state index contributed by atoms with van der Waals surface area (Å²) >= 11 is 0. The number of carbonyl (C=O) groups excluding carboxylic acids is 1. The number of aromatic nitrogens is 1. The molecular formula is C15H18N4O2. The normalized spacial score (nSPS) is 16.2. The number of hydrogen-bond donors (Lipinski definition) is 3. The number of hydrogen-bond acceptors (Lipinski definition) is 5. The van der Waals surface area contributed by atoms with Gasteiger partial charge in [-0.2, -0.15) is 0 Å². The van der Waals surface area contributed by atoms with Crippen LogP contribution in [0.15, 0.2) is 30.5 Å². The minimum atomic E-state index is -0.298. The van der Waals surface area contributed by atoms with Crippen LogP contribution in [0, 0.1) is 0 Å². The van der Waals surface area contributed by atoms with Crippen LogP contribution in [0.25, 0.3) is 10.8 Å². The molecule has 1 saturated heterocycles. The average molecular weight is 286 g/mol. The third kappa shape index (κ3) is 2.55. The summed E-state index contributed by atoms with van der Waals surface area (Å²) in [6.07, 6.45) is 2.51. The number of aliphatic hydroxyl groups excluding tert-OH is 1. The Morgan fingerprint density at radius 2 is 1.95 bits per heavy atom. The van der Waals surface area contributed by atoms with Gasteiger partial charge in [-0.3, -0.25) is 4.79 Å². The lowest BCUT2D eigenvalue weighted by Gasteiger charge is -2.30. The number of carbonyl (C=O) groups is 1. The maximum Gasteiger partial charge on any atom is 0.256 e. The molecule has 0 unspecified atom stereocenters. The van der Waals surface area contributed by atoms with Gasteiger partial charge in [-0.1, -0.05) is 24.3 Å². The van der Waals surface area contributed by atoms with E-state index in [2.05, 4.69) is 10.4 Å². The van der Waals surface area contributed by atoms with Gasteiger partial charge < -0.3 is 15.4 Å². The Morgan fingerprint density at radius 1 is 1.29 bits per heavy atom. The number of fused-ring (bicyclic) bond motifs is 1. The summed E-state index contributed by atoms with van der Waals surface area (Å²) in [5.74, 6) is 5.97. The first-order chi connectivity index (χ1) is 10.2. The first-order valence-corrected chi connectivity index (χ1v) is 7.02. The fourth-order valence-corrected chi connectivity index (χ4v) is 2.72. The van der Waals surface area contributed by atoms with E-state index in [9.17, 15) is 9.90 Å². The zero-order valence-electron chi connectivity index (χ0n) is 11.6. The predicted molar refractivity (Wildman–Crippen MR) is 80.7 cm³/mol. The number of nitrogens with one attached hydrogen (secondary N) is 1. The van der Waals surface area contributed by atoms with Crippen molar-refractivity contribution in [3.63, 3.8) is 0 Å². The molecule has 6 heteroatoms. The highest BCUT2D eigenvalue weighted by atomic mass is 16.3. The highest BCUT2D eigenvalue weighted by Crippen LogP contribution is 2.25. The largest absolute Gasteiger partial charge is 0.393 e. The molecule has 1 aromatic carbocycles. The van der Waals surface area contributed by atoms with Crippen molar-refractivity contribution >= 4 is 22.5 Å². The lowest BCUT2D eigenvalue weighted by atomic mass is 10.0. The number of benzene rings is 1. The highest BCUT2D eigenvalue weighted by molar-refractivity contribution is 6.09. The van der Waals surface area contributed by atoms with Gasteiger partial charge in [0.25, 0.3) is 5.91 Å². The Labute approximate surface area is 122 Å². The van der Waals surface area contributed by atoms with Crippen molar-refractivity contribution in [2.75, 3.05) is 18.5 Å². The molecule has 1 aliphatic rings. The maximum absolute atomic E-state index is 12.7. The fourth-order valence-electron chi connectivity index (χ4n) is 2.72. The number of hydrazine groups is 1. The van der Waals surface area contributed by atoms with Crippen molar-refractivity contribution < 1.29 is 9.90 Å². The predicted octanol–water partition coefficient (Wildman–Crippen LogP) is 1.12. The van der Waals surface area contributed by atoms with E-state index in [0.29, 0.717) is 37.3 Å². The summed E-state index contributed by atoms with van der Waals surface area (Å²) < 4.78 is 0. The monoisotopic (exact) mass is 286 g/mol.